The number of rotatable bonds is 3. The largest absolute Gasteiger partial charge is 0.235 e. The number of isocyanates is 1. The first kappa shape index (κ1) is 11.9. The van der Waals surface area contributed by atoms with E-state index in [0.717, 1.165) is 29.3 Å². The van der Waals surface area contributed by atoms with Crippen LogP contribution in [0, 0.1) is 0 Å². The van der Waals surface area contributed by atoms with Crippen molar-refractivity contribution < 1.29 is 4.79 Å². The number of carbonyl (C=O) groups excluding carboxylic acids is 1. The Morgan fingerprint density at radius 2 is 2.19 bits per heavy atom. The van der Waals surface area contributed by atoms with Gasteiger partial charge in [0.15, 0.2) is 0 Å². The van der Waals surface area contributed by atoms with E-state index in [1.54, 1.807) is 17.8 Å². The van der Waals surface area contributed by atoms with Crippen LogP contribution in [0.1, 0.15) is 24.8 Å². The van der Waals surface area contributed by atoms with Crippen molar-refractivity contribution in [3.05, 3.63) is 28.2 Å². The maximum absolute atomic E-state index is 10.5. The molecule has 0 heterocycles. The molecular weight excluding hydrogens is 286 g/mol. The van der Waals surface area contributed by atoms with Crippen molar-refractivity contribution in [1.82, 2.24) is 0 Å². The summed E-state index contributed by atoms with van der Waals surface area (Å²) >= 11 is 5.19. The quantitative estimate of drug-likeness (QED) is 0.481. The Morgan fingerprint density at radius 3 is 2.69 bits per heavy atom. The van der Waals surface area contributed by atoms with Crippen molar-refractivity contribution in [3.63, 3.8) is 0 Å². The topological polar surface area (TPSA) is 29.4 Å². The zero-order valence-corrected chi connectivity index (χ0v) is 11.4. The molecule has 84 valence electrons. The van der Waals surface area contributed by atoms with Gasteiger partial charge >= 0.3 is 0 Å². The summed E-state index contributed by atoms with van der Waals surface area (Å²) < 4.78 is 1.04. The number of thioether (sulfide) groups is 1. The zero-order valence-electron chi connectivity index (χ0n) is 9.00. The van der Waals surface area contributed by atoms with Gasteiger partial charge < -0.3 is 0 Å². The number of nitrogens with zero attached hydrogens (tertiary/aromatic N) is 1. The molecule has 0 amide bonds. The molecule has 4 heteroatoms. The second-order valence-electron chi connectivity index (χ2n) is 3.97. The van der Waals surface area contributed by atoms with Crippen molar-refractivity contribution in [2.45, 2.75) is 29.7 Å². The maximum Gasteiger partial charge on any atom is 0.235 e. The number of halogens is 1. The molecule has 0 radical (unpaired) electrons. The summed E-state index contributed by atoms with van der Waals surface area (Å²) in [7, 11) is 0. The third-order valence-electron chi connectivity index (χ3n) is 3.08. The SMILES string of the molecule is CSc1cc(Br)cc(C2(N=C=O)CCC2)c1. The Bertz CT molecular complexity index is 450. The zero-order chi connectivity index (χ0) is 11.6. The molecule has 0 atom stereocenters. The molecule has 1 fully saturated rings. The van der Waals surface area contributed by atoms with E-state index in [1.165, 1.54) is 4.90 Å². The molecule has 1 saturated carbocycles. The monoisotopic (exact) mass is 297 g/mol. The molecule has 1 aliphatic carbocycles. The van der Waals surface area contributed by atoms with Gasteiger partial charge in [0.05, 0.1) is 5.54 Å². The van der Waals surface area contributed by atoms with E-state index < -0.39 is 0 Å². The summed E-state index contributed by atoms with van der Waals surface area (Å²) in [4.78, 5) is 15.7. The minimum absolute atomic E-state index is 0.296. The summed E-state index contributed by atoms with van der Waals surface area (Å²) in [5.74, 6) is 0. The van der Waals surface area contributed by atoms with Crippen molar-refractivity contribution in [3.8, 4) is 0 Å². The molecule has 0 bridgehead atoms. The third kappa shape index (κ3) is 2.10. The first-order chi connectivity index (χ1) is 7.70. The summed E-state index contributed by atoms with van der Waals surface area (Å²) in [6.07, 6.45) is 6.80. The Kier molecular flexibility index (Phi) is 3.53. The van der Waals surface area contributed by atoms with Gasteiger partial charge in [0.1, 0.15) is 0 Å². The predicted molar refractivity (Wildman–Crippen MR) is 69.6 cm³/mol. The van der Waals surface area contributed by atoms with Gasteiger partial charge in [0.2, 0.25) is 6.08 Å². The summed E-state index contributed by atoms with van der Waals surface area (Å²) in [5.41, 5.74) is 0.830. The first-order valence-corrected chi connectivity index (χ1v) is 7.16. The van der Waals surface area contributed by atoms with E-state index in [9.17, 15) is 4.79 Å². The standard InChI is InChI=1S/C12H12BrNOS/c1-16-11-6-9(5-10(13)7-11)12(14-8-15)3-2-4-12/h5-7H,2-4H2,1H3. The predicted octanol–water partition coefficient (Wildman–Crippen LogP) is 3.89. The second-order valence-corrected chi connectivity index (χ2v) is 5.76. The molecular formula is C12H12BrNOS. The van der Waals surface area contributed by atoms with Crippen LogP contribution in [0.15, 0.2) is 32.6 Å². The third-order valence-corrected chi connectivity index (χ3v) is 4.25. The van der Waals surface area contributed by atoms with Gasteiger partial charge in [-0.05, 0) is 49.3 Å². The molecule has 1 aromatic rings. The molecule has 0 spiro atoms. The summed E-state index contributed by atoms with van der Waals surface area (Å²) in [6.45, 7) is 0. The normalized spacial score (nSPS) is 17.4. The lowest BCUT2D eigenvalue weighted by Crippen LogP contribution is -2.31. The van der Waals surface area contributed by atoms with Crippen LogP contribution in [0.3, 0.4) is 0 Å². The van der Waals surface area contributed by atoms with Gasteiger partial charge in [-0.25, -0.2) is 4.79 Å². The Hall–Kier alpha value is -0.570. The van der Waals surface area contributed by atoms with Crippen molar-refractivity contribution in [2.24, 2.45) is 4.99 Å². The summed E-state index contributed by atoms with van der Waals surface area (Å²) in [6, 6.07) is 6.25. The number of hydrogen-bond donors (Lipinski definition) is 0. The molecule has 0 unspecified atom stereocenters. The van der Waals surface area contributed by atoms with E-state index >= 15 is 0 Å². The van der Waals surface area contributed by atoms with Gasteiger partial charge in [0.25, 0.3) is 0 Å². The van der Waals surface area contributed by atoms with Gasteiger partial charge in [-0.1, -0.05) is 15.9 Å². The highest BCUT2D eigenvalue weighted by atomic mass is 79.9. The van der Waals surface area contributed by atoms with E-state index in [4.69, 9.17) is 0 Å². The number of hydrogen-bond acceptors (Lipinski definition) is 3. The fraction of sp³-hybridized carbons (Fsp3) is 0.417. The smallest absolute Gasteiger partial charge is 0.211 e. The Balaban J connectivity index is 2.45. The van der Waals surface area contributed by atoms with Crippen LogP contribution in [-0.4, -0.2) is 12.3 Å². The molecule has 16 heavy (non-hydrogen) atoms. The second kappa shape index (κ2) is 4.74. The van der Waals surface area contributed by atoms with E-state index in [-0.39, 0.29) is 5.54 Å². The minimum Gasteiger partial charge on any atom is -0.211 e. The lowest BCUT2D eigenvalue weighted by molar-refractivity contribution is 0.255. The van der Waals surface area contributed by atoms with Crippen LogP contribution in [0.4, 0.5) is 0 Å². The number of aliphatic imine (C=N–C) groups is 1. The average molecular weight is 298 g/mol. The lowest BCUT2D eigenvalue weighted by atomic mass is 9.72. The lowest BCUT2D eigenvalue weighted by Gasteiger charge is -2.37. The molecule has 1 aliphatic rings. The highest BCUT2D eigenvalue weighted by Gasteiger charge is 2.39. The molecule has 2 rings (SSSR count). The summed E-state index contributed by atoms with van der Waals surface area (Å²) in [5, 5.41) is 0. The fourth-order valence-electron chi connectivity index (χ4n) is 2.01. The van der Waals surface area contributed by atoms with Crippen LogP contribution in [0.25, 0.3) is 0 Å². The molecule has 0 aliphatic heterocycles. The molecule has 1 aromatic carbocycles. The van der Waals surface area contributed by atoms with E-state index in [2.05, 4.69) is 39.1 Å². The van der Waals surface area contributed by atoms with Crippen LogP contribution < -0.4 is 0 Å². The van der Waals surface area contributed by atoms with Crippen LogP contribution >= 0.6 is 27.7 Å². The molecule has 0 aromatic heterocycles. The molecule has 2 nitrogen and oxygen atoms in total. The van der Waals surface area contributed by atoms with Gasteiger partial charge in [-0.3, -0.25) is 0 Å². The van der Waals surface area contributed by atoms with Gasteiger partial charge in [0, 0.05) is 9.37 Å². The Labute approximate surface area is 108 Å². The van der Waals surface area contributed by atoms with E-state index in [0.29, 0.717) is 0 Å². The first-order valence-electron chi connectivity index (χ1n) is 5.14. The van der Waals surface area contributed by atoms with Gasteiger partial charge in [-0.15, -0.1) is 11.8 Å². The van der Waals surface area contributed by atoms with Crippen molar-refractivity contribution >= 4 is 33.8 Å². The highest BCUT2D eigenvalue weighted by Crippen LogP contribution is 2.46. The fourth-order valence-corrected chi connectivity index (χ4v) is 3.15. The maximum atomic E-state index is 10.5. The van der Waals surface area contributed by atoms with Crippen molar-refractivity contribution in [2.75, 3.05) is 6.26 Å². The van der Waals surface area contributed by atoms with E-state index in [1.807, 2.05) is 6.26 Å². The van der Waals surface area contributed by atoms with Crippen molar-refractivity contribution in [1.29, 1.82) is 0 Å². The highest BCUT2D eigenvalue weighted by molar-refractivity contribution is 9.10. The van der Waals surface area contributed by atoms with Crippen LogP contribution in [0.5, 0.6) is 0 Å². The van der Waals surface area contributed by atoms with Gasteiger partial charge in [-0.2, -0.15) is 4.99 Å². The minimum atomic E-state index is -0.296. The Morgan fingerprint density at radius 1 is 1.44 bits per heavy atom. The average Bonchev–Trinajstić information content (AvgIpc) is 2.22. The molecule has 0 saturated heterocycles. The number of benzene rings is 1. The van der Waals surface area contributed by atoms with Crippen LogP contribution in [0.2, 0.25) is 0 Å². The molecule has 0 N–H and O–H groups in total. The van der Waals surface area contributed by atoms with Crippen LogP contribution in [-0.2, 0) is 10.3 Å².